The number of aromatic nitrogens is 2. The Morgan fingerprint density at radius 2 is 1.64 bits per heavy atom. The second-order valence-corrected chi connectivity index (χ2v) is 8.04. The highest BCUT2D eigenvalue weighted by molar-refractivity contribution is 7.92. The Hall–Kier alpha value is -3.45. The number of nitrogens with one attached hydrogen (secondary N) is 2. The van der Waals surface area contributed by atoms with Gasteiger partial charge in [0.2, 0.25) is 0 Å². The minimum Gasteiger partial charge on any atom is -0.352 e. The van der Waals surface area contributed by atoms with Crippen molar-refractivity contribution in [2.75, 3.05) is 10.0 Å². The molecule has 2 N–H and O–H groups in total. The number of fused-ring (bicyclic) bond motifs is 1. The summed E-state index contributed by atoms with van der Waals surface area (Å²) in [5, 5.41) is 4.30. The van der Waals surface area contributed by atoms with Crippen molar-refractivity contribution in [2.45, 2.75) is 11.8 Å². The molecule has 2 heterocycles. The molecular formula is C21H18N4O2S. The first kappa shape index (κ1) is 17.9. The van der Waals surface area contributed by atoms with Crippen LogP contribution in [0.25, 0.3) is 10.9 Å². The van der Waals surface area contributed by atoms with Gasteiger partial charge >= 0.3 is 0 Å². The first-order valence-corrected chi connectivity index (χ1v) is 10.2. The molecule has 0 saturated heterocycles. The van der Waals surface area contributed by atoms with Crippen LogP contribution < -0.4 is 10.0 Å². The van der Waals surface area contributed by atoms with Gasteiger partial charge in [-0.25, -0.2) is 13.4 Å². The predicted octanol–water partition coefficient (Wildman–Crippen LogP) is 4.48. The molecule has 4 aromatic rings. The Labute approximate surface area is 163 Å². The number of anilines is 3. The number of para-hydroxylation sites is 1. The van der Waals surface area contributed by atoms with E-state index in [9.17, 15) is 8.42 Å². The van der Waals surface area contributed by atoms with Crippen molar-refractivity contribution in [1.82, 2.24) is 9.97 Å². The molecular weight excluding hydrogens is 372 g/mol. The van der Waals surface area contributed by atoms with Crippen LogP contribution in [0.3, 0.4) is 0 Å². The first-order valence-electron chi connectivity index (χ1n) is 8.68. The van der Waals surface area contributed by atoms with E-state index in [1.54, 1.807) is 48.8 Å². The van der Waals surface area contributed by atoms with Crippen LogP contribution in [-0.4, -0.2) is 18.4 Å². The van der Waals surface area contributed by atoms with Crippen LogP contribution in [0, 0.1) is 6.92 Å². The van der Waals surface area contributed by atoms with E-state index in [0.29, 0.717) is 0 Å². The highest BCUT2D eigenvalue weighted by Gasteiger charge is 2.14. The summed E-state index contributed by atoms with van der Waals surface area (Å²) in [7, 11) is -3.67. The lowest BCUT2D eigenvalue weighted by atomic mass is 10.2. The Kier molecular flexibility index (Phi) is 4.67. The summed E-state index contributed by atoms with van der Waals surface area (Å²) in [6.45, 7) is 1.91. The molecule has 0 fully saturated rings. The smallest absolute Gasteiger partial charge is 0.263 e. The molecule has 7 heteroatoms. The Bertz CT molecular complexity index is 1220. The van der Waals surface area contributed by atoms with E-state index in [1.807, 2.05) is 37.3 Å². The third-order valence-corrected chi connectivity index (χ3v) is 5.62. The molecule has 4 rings (SSSR count). The van der Waals surface area contributed by atoms with Crippen molar-refractivity contribution in [2.24, 2.45) is 0 Å². The van der Waals surface area contributed by atoms with Gasteiger partial charge in [-0.2, -0.15) is 0 Å². The van der Waals surface area contributed by atoms with Gasteiger partial charge in [-0.05, 0) is 43.3 Å². The average molecular weight is 390 g/mol. The molecule has 0 atom stereocenters. The third-order valence-electron chi connectivity index (χ3n) is 4.25. The number of sulfonamides is 1. The van der Waals surface area contributed by atoms with Gasteiger partial charge in [0.1, 0.15) is 5.82 Å². The molecule has 0 bridgehead atoms. The van der Waals surface area contributed by atoms with Crippen LogP contribution in [-0.2, 0) is 10.0 Å². The third kappa shape index (κ3) is 3.79. The van der Waals surface area contributed by atoms with E-state index < -0.39 is 10.0 Å². The van der Waals surface area contributed by atoms with Crippen molar-refractivity contribution in [3.8, 4) is 0 Å². The predicted molar refractivity (Wildman–Crippen MR) is 111 cm³/mol. The lowest BCUT2D eigenvalue weighted by molar-refractivity contribution is 0.601. The van der Waals surface area contributed by atoms with Gasteiger partial charge in [0.25, 0.3) is 10.0 Å². The second-order valence-electron chi connectivity index (χ2n) is 6.36. The largest absolute Gasteiger partial charge is 0.352 e. The summed E-state index contributed by atoms with van der Waals surface area (Å²) >= 11 is 0. The van der Waals surface area contributed by atoms with E-state index in [4.69, 9.17) is 0 Å². The summed E-state index contributed by atoms with van der Waals surface area (Å²) in [6, 6.07) is 19.8. The normalized spacial score (nSPS) is 11.3. The SMILES string of the molecule is Cc1ccc(S(=O)(=O)Nc2ccc(Nc3cccc4cccnc34)cn2)cc1. The zero-order valence-electron chi connectivity index (χ0n) is 15.1. The van der Waals surface area contributed by atoms with Gasteiger partial charge < -0.3 is 5.32 Å². The van der Waals surface area contributed by atoms with Gasteiger partial charge in [0.05, 0.1) is 28.0 Å². The fraction of sp³-hybridized carbons (Fsp3) is 0.0476. The van der Waals surface area contributed by atoms with E-state index in [1.165, 1.54) is 0 Å². The van der Waals surface area contributed by atoms with Gasteiger partial charge in [-0.15, -0.1) is 0 Å². The average Bonchev–Trinajstić information content (AvgIpc) is 2.70. The van der Waals surface area contributed by atoms with Crippen LogP contribution in [0.15, 0.2) is 84.0 Å². The van der Waals surface area contributed by atoms with E-state index in [0.717, 1.165) is 27.8 Å². The molecule has 0 spiro atoms. The molecule has 6 nitrogen and oxygen atoms in total. The zero-order chi connectivity index (χ0) is 19.6. The zero-order valence-corrected chi connectivity index (χ0v) is 15.9. The van der Waals surface area contributed by atoms with Crippen LogP contribution in [0.5, 0.6) is 0 Å². The number of rotatable bonds is 5. The number of nitrogens with zero attached hydrogens (tertiary/aromatic N) is 2. The Morgan fingerprint density at radius 1 is 0.857 bits per heavy atom. The molecule has 140 valence electrons. The summed E-state index contributed by atoms with van der Waals surface area (Å²) in [4.78, 5) is 8.82. The number of hydrogen-bond donors (Lipinski definition) is 2. The molecule has 0 aliphatic heterocycles. The molecule has 0 unspecified atom stereocenters. The van der Waals surface area contributed by atoms with Crippen molar-refractivity contribution < 1.29 is 8.42 Å². The molecule has 0 amide bonds. The van der Waals surface area contributed by atoms with Crippen LogP contribution in [0.1, 0.15) is 5.56 Å². The molecule has 0 radical (unpaired) electrons. The van der Waals surface area contributed by atoms with Gasteiger partial charge in [-0.3, -0.25) is 9.71 Å². The van der Waals surface area contributed by atoms with E-state index in [-0.39, 0.29) is 10.7 Å². The van der Waals surface area contributed by atoms with Gasteiger partial charge in [-0.1, -0.05) is 35.9 Å². The van der Waals surface area contributed by atoms with Crippen LogP contribution >= 0.6 is 0 Å². The maximum absolute atomic E-state index is 12.5. The van der Waals surface area contributed by atoms with Gasteiger partial charge in [0, 0.05) is 11.6 Å². The number of benzene rings is 2. The topological polar surface area (TPSA) is 84.0 Å². The molecule has 28 heavy (non-hydrogen) atoms. The fourth-order valence-corrected chi connectivity index (χ4v) is 3.81. The van der Waals surface area contributed by atoms with Crippen LogP contribution in [0.2, 0.25) is 0 Å². The molecule has 0 saturated carbocycles. The summed E-state index contributed by atoms with van der Waals surface area (Å²) in [5.41, 5.74) is 3.44. The number of hydrogen-bond acceptors (Lipinski definition) is 5. The van der Waals surface area contributed by atoms with E-state index >= 15 is 0 Å². The maximum atomic E-state index is 12.5. The molecule has 0 aliphatic carbocycles. The quantitative estimate of drug-likeness (QED) is 0.525. The first-order chi connectivity index (χ1) is 13.5. The lowest BCUT2D eigenvalue weighted by Crippen LogP contribution is -2.13. The minimum atomic E-state index is -3.67. The highest BCUT2D eigenvalue weighted by atomic mass is 32.2. The maximum Gasteiger partial charge on any atom is 0.263 e. The van der Waals surface area contributed by atoms with Crippen molar-refractivity contribution in [1.29, 1.82) is 0 Å². The fourth-order valence-electron chi connectivity index (χ4n) is 2.80. The van der Waals surface area contributed by atoms with Crippen molar-refractivity contribution in [3.63, 3.8) is 0 Å². The molecule has 2 aromatic heterocycles. The second kappa shape index (κ2) is 7.28. The number of aryl methyl sites for hydroxylation is 1. The van der Waals surface area contributed by atoms with Crippen LogP contribution in [0.4, 0.5) is 17.2 Å². The Morgan fingerprint density at radius 3 is 2.39 bits per heavy atom. The van der Waals surface area contributed by atoms with Crippen molar-refractivity contribution in [3.05, 3.63) is 84.7 Å². The lowest BCUT2D eigenvalue weighted by Gasteiger charge is -2.10. The monoisotopic (exact) mass is 390 g/mol. The molecule has 2 aromatic carbocycles. The van der Waals surface area contributed by atoms with Gasteiger partial charge in [0.15, 0.2) is 0 Å². The number of pyridine rings is 2. The molecule has 0 aliphatic rings. The summed E-state index contributed by atoms with van der Waals surface area (Å²) in [6.07, 6.45) is 3.32. The van der Waals surface area contributed by atoms with Crippen molar-refractivity contribution >= 4 is 38.1 Å². The highest BCUT2D eigenvalue weighted by Crippen LogP contribution is 2.25. The summed E-state index contributed by atoms with van der Waals surface area (Å²) < 4.78 is 27.4. The van der Waals surface area contributed by atoms with E-state index in [2.05, 4.69) is 20.0 Å². The Balaban J connectivity index is 1.53. The summed E-state index contributed by atoms with van der Waals surface area (Å²) in [5.74, 6) is 0.252. The standard InChI is InChI=1S/C21H18N4O2S/c1-15-7-10-18(11-8-15)28(26,27)25-20-12-9-17(14-23-20)24-19-6-2-4-16-5-3-13-22-21(16)19/h2-14,24H,1H3,(H,23,25). The minimum absolute atomic E-state index is 0.198.